The Hall–Kier alpha value is -3.91. The van der Waals surface area contributed by atoms with Gasteiger partial charge >= 0.3 is 0 Å². The van der Waals surface area contributed by atoms with E-state index in [1.807, 2.05) is 52.0 Å². The Morgan fingerprint density at radius 2 is 1.51 bits per heavy atom. The number of aliphatic hydroxyl groups is 1. The van der Waals surface area contributed by atoms with Crippen molar-refractivity contribution in [3.05, 3.63) is 99.9 Å². The fourth-order valence-corrected chi connectivity index (χ4v) is 8.02. The fourth-order valence-electron chi connectivity index (χ4n) is 8.02. The van der Waals surface area contributed by atoms with Crippen LogP contribution in [-0.2, 0) is 20.9 Å². The van der Waals surface area contributed by atoms with Gasteiger partial charge in [0, 0.05) is 35.3 Å². The molecule has 0 radical (unpaired) electrons. The van der Waals surface area contributed by atoms with Gasteiger partial charge in [0.1, 0.15) is 5.56 Å². The smallest absolute Gasteiger partial charge is 0.261 e. The molecule has 286 valence electrons. The van der Waals surface area contributed by atoms with Gasteiger partial charge in [-0.25, -0.2) is 22.0 Å². The first kappa shape index (κ1) is 38.8. The van der Waals surface area contributed by atoms with Crippen molar-refractivity contribution in [2.75, 3.05) is 11.9 Å². The van der Waals surface area contributed by atoms with Gasteiger partial charge in [-0.3, -0.25) is 14.5 Å². The molecule has 0 spiro atoms. The maximum Gasteiger partial charge on any atom is 0.261 e. The van der Waals surface area contributed by atoms with Crippen LogP contribution >= 0.6 is 0 Å². The van der Waals surface area contributed by atoms with Crippen LogP contribution in [0.1, 0.15) is 106 Å². The number of anilines is 1. The highest BCUT2D eigenvalue weighted by Gasteiger charge is 2.46. The summed E-state index contributed by atoms with van der Waals surface area (Å²) in [5.74, 6) is -12.6. The average Bonchev–Trinajstić information content (AvgIpc) is 3.13. The van der Waals surface area contributed by atoms with Crippen molar-refractivity contribution in [2.45, 2.75) is 109 Å². The average molecular weight is 744 g/mol. The monoisotopic (exact) mass is 743 g/mol. The molecule has 13 heteroatoms. The first-order valence-electron chi connectivity index (χ1n) is 18.2. The summed E-state index contributed by atoms with van der Waals surface area (Å²) in [5.41, 5.74) is -0.0383. The van der Waals surface area contributed by atoms with Gasteiger partial charge in [-0.2, -0.15) is 0 Å². The van der Waals surface area contributed by atoms with Crippen LogP contribution in [0.15, 0.2) is 48.5 Å². The Kier molecular flexibility index (Phi) is 11.6. The molecule has 3 aliphatic rings. The Morgan fingerprint density at radius 1 is 0.849 bits per heavy atom. The standard InChI is InChI=1S/C40H46F5N3O5/c1-21-29(19-48-27-11-6-5-8-23(27)16-17-28(48)37(50)47-40(2,3)4)52-39(53-36(21)24-14-12-22(20-49)13-15-24)25-9-7-10-26(18-25)46-38(51)30-31(41)33(43)35(45)34(44)32(30)42/h7,9-10,12-15,18,21,23,27-29,36,39,49H,5-6,8,11,16-17,19-20H2,1-4H3,(H,46,51)(H,47,50). The highest BCUT2D eigenvalue weighted by Crippen LogP contribution is 2.44. The molecule has 2 amide bonds. The maximum absolute atomic E-state index is 14.4. The number of fused-ring (bicyclic) bond motifs is 1. The quantitative estimate of drug-likeness (QED) is 0.124. The number of amides is 2. The molecule has 53 heavy (non-hydrogen) atoms. The second-order valence-corrected chi connectivity index (χ2v) is 15.5. The van der Waals surface area contributed by atoms with Gasteiger partial charge in [0.25, 0.3) is 5.91 Å². The van der Waals surface area contributed by atoms with E-state index < -0.39 is 64.6 Å². The molecule has 7 unspecified atom stereocenters. The molecule has 3 aromatic carbocycles. The zero-order chi connectivity index (χ0) is 38.2. The van der Waals surface area contributed by atoms with E-state index in [1.165, 1.54) is 12.1 Å². The molecule has 1 aliphatic carbocycles. The lowest BCUT2D eigenvalue weighted by molar-refractivity contribution is -0.278. The van der Waals surface area contributed by atoms with Crippen LogP contribution in [0.2, 0.25) is 0 Å². The van der Waals surface area contributed by atoms with Crippen LogP contribution in [0, 0.1) is 40.9 Å². The van der Waals surface area contributed by atoms with Gasteiger partial charge in [-0.15, -0.1) is 0 Å². The minimum atomic E-state index is -2.36. The van der Waals surface area contributed by atoms with Crippen molar-refractivity contribution in [1.29, 1.82) is 0 Å². The molecular formula is C40H46F5N3O5. The Bertz CT molecular complexity index is 1790. The number of nitrogens with zero attached hydrogens (tertiary/aromatic N) is 1. The minimum absolute atomic E-state index is 0.00246. The summed E-state index contributed by atoms with van der Waals surface area (Å²) in [5, 5.41) is 15.1. The van der Waals surface area contributed by atoms with Crippen LogP contribution in [0.5, 0.6) is 0 Å². The molecule has 1 saturated carbocycles. The molecule has 0 bridgehead atoms. The van der Waals surface area contributed by atoms with Gasteiger partial charge in [0.15, 0.2) is 29.6 Å². The summed E-state index contributed by atoms with van der Waals surface area (Å²) < 4.78 is 83.6. The van der Waals surface area contributed by atoms with Crippen molar-refractivity contribution in [2.24, 2.45) is 11.8 Å². The van der Waals surface area contributed by atoms with E-state index in [4.69, 9.17) is 9.47 Å². The molecule has 3 N–H and O–H groups in total. The summed E-state index contributed by atoms with van der Waals surface area (Å²) in [6.07, 6.45) is 4.02. The predicted molar refractivity (Wildman–Crippen MR) is 187 cm³/mol. The number of nitrogens with one attached hydrogen (secondary N) is 2. The summed E-state index contributed by atoms with van der Waals surface area (Å²) in [4.78, 5) is 29.0. The van der Waals surface area contributed by atoms with Crippen LogP contribution in [0.4, 0.5) is 27.6 Å². The van der Waals surface area contributed by atoms with Crippen molar-refractivity contribution in [3.63, 3.8) is 0 Å². The highest BCUT2D eigenvalue weighted by atomic mass is 19.2. The largest absolute Gasteiger partial charge is 0.392 e. The lowest BCUT2D eigenvalue weighted by Crippen LogP contribution is -2.61. The highest BCUT2D eigenvalue weighted by molar-refractivity contribution is 6.04. The van der Waals surface area contributed by atoms with E-state index in [0.29, 0.717) is 18.0 Å². The first-order valence-corrected chi connectivity index (χ1v) is 18.2. The molecule has 7 atom stereocenters. The number of ether oxygens (including phenoxy) is 2. The summed E-state index contributed by atoms with van der Waals surface area (Å²) in [7, 11) is 0. The van der Waals surface area contributed by atoms with Crippen molar-refractivity contribution < 1.29 is 46.1 Å². The van der Waals surface area contributed by atoms with Crippen LogP contribution < -0.4 is 10.6 Å². The fraction of sp³-hybridized carbons (Fsp3) is 0.500. The molecular weight excluding hydrogens is 697 g/mol. The number of likely N-dealkylation sites (tertiary alicyclic amines) is 1. The third kappa shape index (κ3) is 8.28. The number of piperidine rings is 1. The van der Waals surface area contributed by atoms with Gasteiger partial charge in [0.2, 0.25) is 11.7 Å². The molecule has 2 saturated heterocycles. The second kappa shape index (κ2) is 15.8. The Balaban J connectivity index is 1.32. The predicted octanol–water partition coefficient (Wildman–Crippen LogP) is 7.86. The lowest BCUT2D eigenvalue weighted by Gasteiger charge is -2.51. The number of carbonyl (C=O) groups excluding carboxylic acids is 2. The Morgan fingerprint density at radius 3 is 2.17 bits per heavy atom. The van der Waals surface area contributed by atoms with E-state index in [0.717, 1.165) is 49.7 Å². The second-order valence-electron chi connectivity index (χ2n) is 15.5. The normalized spacial score (nSPS) is 26.5. The van der Waals surface area contributed by atoms with Gasteiger partial charge in [0.05, 0.1) is 24.9 Å². The van der Waals surface area contributed by atoms with Crippen molar-refractivity contribution in [1.82, 2.24) is 10.2 Å². The van der Waals surface area contributed by atoms with Crippen molar-refractivity contribution in [3.8, 4) is 0 Å². The topological polar surface area (TPSA) is 100 Å². The zero-order valence-corrected chi connectivity index (χ0v) is 30.2. The molecule has 0 aromatic heterocycles. The number of hydrogen-bond donors (Lipinski definition) is 3. The van der Waals surface area contributed by atoms with Gasteiger partial charge in [-0.1, -0.05) is 56.2 Å². The van der Waals surface area contributed by atoms with Crippen LogP contribution in [0.25, 0.3) is 0 Å². The van der Waals surface area contributed by atoms with E-state index in [-0.39, 0.29) is 36.2 Å². The minimum Gasteiger partial charge on any atom is -0.392 e. The first-order chi connectivity index (χ1) is 25.2. The molecule has 6 rings (SSSR count). The Labute approximate surface area is 306 Å². The van der Waals surface area contributed by atoms with Crippen LogP contribution in [0.3, 0.4) is 0 Å². The number of hydrogen-bond acceptors (Lipinski definition) is 6. The molecule has 2 heterocycles. The molecule has 8 nitrogen and oxygen atoms in total. The molecule has 2 aliphatic heterocycles. The van der Waals surface area contributed by atoms with E-state index in [9.17, 15) is 36.6 Å². The number of halogens is 5. The number of rotatable bonds is 8. The zero-order valence-electron chi connectivity index (χ0n) is 30.2. The van der Waals surface area contributed by atoms with E-state index in [1.54, 1.807) is 12.1 Å². The summed E-state index contributed by atoms with van der Waals surface area (Å²) >= 11 is 0. The third-order valence-corrected chi connectivity index (χ3v) is 10.7. The lowest BCUT2D eigenvalue weighted by atomic mass is 9.75. The van der Waals surface area contributed by atoms with E-state index >= 15 is 0 Å². The molecule has 3 aromatic rings. The number of benzene rings is 3. The summed E-state index contributed by atoms with van der Waals surface area (Å²) in [6.45, 7) is 8.21. The number of aliphatic hydroxyl groups excluding tert-OH is 1. The van der Waals surface area contributed by atoms with E-state index in [2.05, 4.69) is 15.5 Å². The maximum atomic E-state index is 14.4. The number of carbonyl (C=O) groups is 2. The van der Waals surface area contributed by atoms with Crippen molar-refractivity contribution >= 4 is 17.5 Å². The van der Waals surface area contributed by atoms with Gasteiger partial charge in [-0.05, 0) is 75.6 Å². The van der Waals surface area contributed by atoms with Gasteiger partial charge < -0.3 is 25.2 Å². The van der Waals surface area contributed by atoms with Crippen LogP contribution in [-0.4, -0.2) is 52.1 Å². The summed E-state index contributed by atoms with van der Waals surface area (Å²) in [6, 6.07) is 13.3. The SMILES string of the molecule is CC1C(CN2C(C(=O)NC(C)(C)C)CCC3CCCCC32)OC(c2cccc(NC(=O)c3c(F)c(F)c(F)c(F)c3F)c2)OC1c1ccc(CO)cc1. The molecule has 3 fully saturated rings. The third-order valence-electron chi connectivity index (χ3n) is 10.7.